The number of amides is 3. The number of nitrogens with one attached hydrogen (secondary N) is 4. The van der Waals surface area contributed by atoms with Crippen LogP contribution in [0.4, 0.5) is 0 Å². The summed E-state index contributed by atoms with van der Waals surface area (Å²) in [6.45, 7) is 7.25. The Labute approximate surface area is 420 Å². The van der Waals surface area contributed by atoms with Crippen LogP contribution in [0.2, 0.25) is 0 Å². The Morgan fingerprint density at radius 1 is 0.508 bits per heavy atom. The number of carbonyl (C=O) groups is 3. The zero-order chi connectivity index (χ0) is 43.7. The molecular formula is C34H65N4O18Y3-3. The first kappa shape index (κ1) is 66.7. The number of aliphatic hydroxyl groups is 12. The Morgan fingerprint density at radius 3 is 0.898 bits per heavy atom. The summed E-state index contributed by atoms with van der Waals surface area (Å²) in [4.78, 5) is 32.7. The third-order valence-corrected chi connectivity index (χ3v) is 9.73. The van der Waals surface area contributed by atoms with Gasteiger partial charge >= 0.3 is 0 Å². The minimum Gasteiger partial charge on any atom is -0.668 e. The van der Waals surface area contributed by atoms with Crippen molar-refractivity contribution in [2.45, 2.75) is 159 Å². The third-order valence-electron chi connectivity index (χ3n) is 9.73. The normalized spacial score (nSPS) is 34.0. The number of carbonyl (C=O) groups excluding carboxylic acids is 3. The van der Waals surface area contributed by atoms with Gasteiger partial charge in [-0.05, 0) is 38.5 Å². The molecule has 22 nitrogen and oxygen atoms in total. The summed E-state index contributed by atoms with van der Waals surface area (Å²) < 4.78 is 14.5. The smallest absolute Gasteiger partial charge is 0.160 e. The van der Waals surface area contributed by atoms with Crippen molar-refractivity contribution >= 4 is 17.7 Å². The first-order valence-corrected chi connectivity index (χ1v) is 18.3. The molecule has 0 aromatic carbocycles. The van der Waals surface area contributed by atoms with Gasteiger partial charge in [-0.3, -0.25) is 0 Å². The number of hydrogen-bond donors (Lipinski definition) is 13. The predicted molar refractivity (Wildman–Crippen MR) is 194 cm³/mol. The van der Waals surface area contributed by atoms with Gasteiger partial charge in [0.1, 0.15) is 36.6 Å². The van der Waals surface area contributed by atoms with E-state index in [4.69, 9.17) is 62.1 Å². The predicted octanol–water partition coefficient (Wildman–Crippen LogP) is -3.05. The standard InChI is InChI=1S/C13H26N4O3.3C7H14O5.3Y/c1-9(2)17-13(6-3-10(14)18,7-4-11(15)19)8-5-12(16)20;3*1-3-5(9)6(10)4(2-8)12-7(3)11;;;/h9,17H,3-8H2,1-2H3,(H6,14,15,16,18,19,20);3*3-11H,2H2,1H3;;;/p-3/t;3*3?,4?,5-,6+,7-;;;/m.111.../s1. The topological polar surface area (TPSA) is 405 Å². The van der Waals surface area contributed by atoms with Crippen molar-refractivity contribution in [3.63, 3.8) is 0 Å². The van der Waals surface area contributed by atoms with Crippen LogP contribution in [0, 0.1) is 17.8 Å². The van der Waals surface area contributed by atoms with Crippen molar-refractivity contribution < 1.29 is 188 Å². The monoisotopic (exact) mass is 1080 g/mol. The van der Waals surface area contributed by atoms with E-state index in [2.05, 4.69) is 5.32 Å². The SMILES string of the molecule is CC(C)NC(CCC([NH-])=O)(CCC([NH-])=O)CCC([NH-])=O.CC1[C@H](O)OC(CO)[C@H](O)[C@@H]1O.CC1[C@H](O)OC(CO)[C@H](O)[C@@H]1O.CC1[C@H](O)OC(CO)[C@H](O)[C@@H]1O.[Y].[Y].[Y]. The largest absolute Gasteiger partial charge is 0.668 e. The second-order valence-corrected chi connectivity index (χ2v) is 14.6. The van der Waals surface area contributed by atoms with Crippen LogP contribution < -0.4 is 5.32 Å². The minimum absolute atomic E-state index is 0. The second kappa shape index (κ2) is 33.5. The number of hydrogen-bond acceptors (Lipinski definition) is 19. The van der Waals surface area contributed by atoms with Crippen LogP contribution in [-0.2, 0) is 127 Å². The van der Waals surface area contributed by atoms with Crippen LogP contribution >= 0.6 is 0 Å². The molecule has 3 aliphatic heterocycles. The van der Waals surface area contributed by atoms with Crippen molar-refractivity contribution in [3.8, 4) is 0 Å². The quantitative estimate of drug-likeness (QED) is 0.0822. The zero-order valence-corrected chi connectivity index (χ0v) is 42.7. The molecule has 0 aromatic rings. The van der Waals surface area contributed by atoms with Crippen LogP contribution in [-0.4, -0.2) is 184 Å². The molecule has 16 N–H and O–H groups in total. The van der Waals surface area contributed by atoms with Gasteiger partial charge in [0, 0.05) is 145 Å². The Balaban J connectivity index is -0.000000345. The van der Waals surface area contributed by atoms with E-state index in [9.17, 15) is 45.0 Å². The van der Waals surface area contributed by atoms with E-state index in [1.165, 1.54) is 0 Å². The van der Waals surface area contributed by atoms with Crippen molar-refractivity contribution in [1.82, 2.24) is 5.32 Å². The van der Waals surface area contributed by atoms with Gasteiger partial charge in [0.15, 0.2) is 18.9 Å². The van der Waals surface area contributed by atoms with Crippen LogP contribution in [0.15, 0.2) is 0 Å². The fourth-order valence-electron chi connectivity index (χ4n) is 5.96. The zero-order valence-electron chi connectivity index (χ0n) is 34.1. The van der Waals surface area contributed by atoms with E-state index in [0.29, 0.717) is 19.3 Å². The maximum absolute atomic E-state index is 10.9. The van der Waals surface area contributed by atoms with Crippen molar-refractivity contribution in [3.05, 3.63) is 17.2 Å². The van der Waals surface area contributed by atoms with Crippen molar-refractivity contribution in [1.29, 1.82) is 0 Å². The summed E-state index contributed by atoms with van der Waals surface area (Å²) >= 11 is 0. The average molecular weight is 1080 g/mol. The molecule has 0 saturated carbocycles. The average Bonchev–Trinajstić information content (AvgIpc) is 3.14. The summed E-state index contributed by atoms with van der Waals surface area (Å²) in [5, 5.41) is 113. The molecule has 0 spiro atoms. The molecule has 25 heteroatoms. The molecule has 3 radical (unpaired) electrons. The van der Waals surface area contributed by atoms with E-state index in [1.807, 2.05) is 13.8 Å². The summed E-state index contributed by atoms with van der Waals surface area (Å²) in [6.07, 6.45) is -11.5. The van der Waals surface area contributed by atoms with Gasteiger partial charge < -0.3 is 112 Å². The molecule has 3 heterocycles. The molecule has 3 saturated heterocycles. The van der Waals surface area contributed by atoms with Crippen molar-refractivity contribution in [2.24, 2.45) is 17.8 Å². The fourth-order valence-corrected chi connectivity index (χ4v) is 5.96. The van der Waals surface area contributed by atoms with Crippen molar-refractivity contribution in [2.75, 3.05) is 19.8 Å². The van der Waals surface area contributed by atoms with E-state index < -0.39 is 135 Å². The molecule has 3 fully saturated rings. The molecule has 6 unspecified atom stereocenters. The van der Waals surface area contributed by atoms with Gasteiger partial charge in [0.25, 0.3) is 0 Å². The van der Waals surface area contributed by atoms with Gasteiger partial charge in [-0.2, -0.15) is 0 Å². The molecule has 341 valence electrons. The molecule has 3 amide bonds. The number of rotatable bonds is 14. The van der Waals surface area contributed by atoms with Gasteiger partial charge in [-0.15, -0.1) is 0 Å². The van der Waals surface area contributed by atoms with E-state index in [0.717, 1.165) is 0 Å². The Bertz CT molecular complexity index is 1020. The third kappa shape index (κ3) is 23.7. The second-order valence-electron chi connectivity index (χ2n) is 14.6. The molecule has 59 heavy (non-hydrogen) atoms. The van der Waals surface area contributed by atoms with Crippen LogP contribution in [0.25, 0.3) is 17.2 Å². The van der Waals surface area contributed by atoms with Gasteiger partial charge in [0.05, 0.1) is 38.1 Å². The van der Waals surface area contributed by atoms with Crippen LogP contribution in [0.5, 0.6) is 0 Å². The van der Waals surface area contributed by atoms with E-state index >= 15 is 0 Å². The molecule has 0 aromatic heterocycles. The first-order chi connectivity index (χ1) is 25.9. The van der Waals surface area contributed by atoms with Crippen LogP contribution in [0.1, 0.15) is 73.1 Å². The maximum Gasteiger partial charge on any atom is 0.160 e. The summed E-state index contributed by atoms with van der Waals surface area (Å²) in [6, 6.07) is 0.0671. The van der Waals surface area contributed by atoms with Gasteiger partial charge in [-0.25, -0.2) is 0 Å². The molecule has 0 bridgehead atoms. The maximum atomic E-state index is 10.9. The Hall–Kier alpha value is 1.08. The van der Waals surface area contributed by atoms with Gasteiger partial charge in [0.2, 0.25) is 0 Å². The van der Waals surface area contributed by atoms with Crippen LogP contribution in [0.3, 0.4) is 0 Å². The summed E-state index contributed by atoms with van der Waals surface area (Å²) in [5.41, 5.74) is 20.3. The van der Waals surface area contributed by atoms with E-state index in [-0.39, 0.29) is 123 Å². The number of aliphatic hydroxyl groups excluding tert-OH is 12. The minimum atomic E-state index is -1.13. The fraction of sp³-hybridized carbons (Fsp3) is 0.912. The molecule has 15 atom stereocenters. The first-order valence-electron chi connectivity index (χ1n) is 18.3. The molecule has 3 rings (SSSR count). The molecular weight excluding hydrogens is 1020 g/mol. The number of ether oxygens (including phenoxy) is 3. The van der Waals surface area contributed by atoms with E-state index in [1.54, 1.807) is 20.8 Å². The van der Waals surface area contributed by atoms with Gasteiger partial charge in [-0.1, -0.05) is 34.6 Å². The molecule has 3 aliphatic rings. The summed E-state index contributed by atoms with van der Waals surface area (Å²) in [5.74, 6) is -3.72. The molecule has 0 aliphatic carbocycles. The Morgan fingerprint density at radius 2 is 0.729 bits per heavy atom. The Kier molecular flexibility index (Phi) is 37.9. The summed E-state index contributed by atoms with van der Waals surface area (Å²) in [7, 11) is 0.